The van der Waals surface area contributed by atoms with Gasteiger partial charge in [-0.2, -0.15) is 0 Å². The molecule has 3 rings (SSSR count). The maximum absolute atomic E-state index is 12.3. The molecule has 6 heteroatoms. The number of rotatable bonds is 4. The van der Waals surface area contributed by atoms with E-state index in [9.17, 15) is 4.79 Å². The summed E-state index contributed by atoms with van der Waals surface area (Å²) < 4.78 is 10.7. The molecule has 0 aliphatic carbocycles. The number of ether oxygens (including phenoxy) is 2. The number of methoxy groups -OCH3 is 1. The molecule has 2 N–H and O–H groups in total. The van der Waals surface area contributed by atoms with Crippen LogP contribution in [0, 0.1) is 0 Å². The van der Waals surface area contributed by atoms with Gasteiger partial charge >= 0.3 is 0 Å². The van der Waals surface area contributed by atoms with E-state index >= 15 is 0 Å². The van der Waals surface area contributed by atoms with Crippen LogP contribution >= 0.6 is 12.4 Å². The van der Waals surface area contributed by atoms with Gasteiger partial charge in [-0.15, -0.1) is 12.4 Å². The zero-order valence-electron chi connectivity index (χ0n) is 13.9. The van der Waals surface area contributed by atoms with Crippen LogP contribution in [0.1, 0.15) is 12.5 Å². The third kappa shape index (κ3) is 4.17. The molecule has 0 saturated carbocycles. The second-order valence-electron chi connectivity index (χ2n) is 5.77. The number of hydrogen-bond acceptors (Lipinski definition) is 4. The predicted molar refractivity (Wildman–Crippen MR) is 96.8 cm³/mol. The van der Waals surface area contributed by atoms with Crippen LogP contribution < -0.4 is 15.4 Å². The fourth-order valence-corrected chi connectivity index (χ4v) is 2.84. The van der Waals surface area contributed by atoms with Gasteiger partial charge in [-0.1, -0.05) is 18.2 Å². The maximum Gasteiger partial charge on any atom is 0.240 e. The normalized spacial score (nSPS) is 20.2. The molecule has 1 fully saturated rings. The highest BCUT2D eigenvalue weighted by Crippen LogP contribution is 2.21. The summed E-state index contributed by atoms with van der Waals surface area (Å²) in [5, 5.41) is 8.43. The van der Waals surface area contributed by atoms with Crippen LogP contribution in [0.15, 0.2) is 36.4 Å². The van der Waals surface area contributed by atoms with E-state index in [-0.39, 0.29) is 30.5 Å². The average Bonchev–Trinajstić information content (AvgIpc) is 2.59. The summed E-state index contributed by atoms with van der Waals surface area (Å²) in [5.74, 6) is 0.822. The highest BCUT2D eigenvalue weighted by Gasteiger charge is 2.27. The number of hydrogen-bond donors (Lipinski definition) is 2. The van der Waals surface area contributed by atoms with Gasteiger partial charge in [-0.05, 0) is 41.5 Å². The van der Waals surface area contributed by atoms with Crippen molar-refractivity contribution in [2.45, 2.75) is 25.6 Å². The molecule has 0 unspecified atom stereocenters. The summed E-state index contributed by atoms with van der Waals surface area (Å²) in [7, 11) is 1.66. The fourth-order valence-electron chi connectivity index (χ4n) is 2.84. The number of morpholine rings is 1. The SMILES string of the molecule is COc1ccc2cc(CNC(=O)[C@H]3NCCO[C@@H]3C)ccc2c1.Cl. The molecule has 0 spiro atoms. The van der Waals surface area contributed by atoms with Gasteiger partial charge in [0.15, 0.2) is 0 Å². The molecule has 2 aromatic carbocycles. The minimum absolute atomic E-state index is 0. The quantitative estimate of drug-likeness (QED) is 0.888. The summed E-state index contributed by atoms with van der Waals surface area (Å²) in [4.78, 5) is 12.3. The lowest BCUT2D eigenvalue weighted by molar-refractivity contribution is -0.129. The molecule has 1 aliphatic rings. The maximum atomic E-state index is 12.3. The Morgan fingerprint density at radius 3 is 2.79 bits per heavy atom. The van der Waals surface area contributed by atoms with E-state index in [4.69, 9.17) is 9.47 Å². The van der Waals surface area contributed by atoms with Gasteiger partial charge in [-0.25, -0.2) is 0 Å². The van der Waals surface area contributed by atoms with E-state index in [1.807, 2.05) is 37.3 Å². The third-order valence-electron chi connectivity index (χ3n) is 4.18. The number of carbonyl (C=O) groups is 1. The molecule has 1 amide bonds. The molecule has 1 heterocycles. The number of fused-ring (bicyclic) bond motifs is 1. The van der Waals surface area contributed by atoms with Crippen LogP contribution in [0.5, 0.6) is 5.75 Å². The second kappa shape index (κ2) is 8.33. The lowest BCUT2D eigenvalue weighted by Crippen LogP contribution is -2.55. The molecular formula is C18H23ClN2O3. The van der Waals surface area contributed by atoms with Crippen molar-refractivity contribution in [1.29, 1.82) is 0 Å². The average molecular weight is 351 g/mol. The topological polar surface area (TPSA) is 59.6 Å². The van der Waals surface area contributed by atoms with Gasteiger partial charge in [0.05, 0.1) is 19.8 Å². The third-order valence-corrected chi connectivity index (χ3v) is 4.18. The van der Waals surface area contributed by atoms with Gasteiger partial charge in [0.2, 0.25) is 5.91 Å². The van der Waals surface area contributed by atoms with Gasteiger partial charge in [0.25, 0.3) is 0 Å². The second-order valence-corrected chi connectivity index (χ2v) is 5.77. The van der Waals surface area contributed by atoms with Gasteiger partial charge in [0, 0.05) is 13.1 Å². The summed E-state index contributed by atoms with van der Waals surface area (Å²) in [6.07, 6.45) is -0.104. The minimum atomic E-state index is -0.284. The van der Waals surface area contributed by atoms with Gasteiger partial charge in [-0.3, -0.25) is 4.79 Å². The van der Waals surface area contributed by atoms with Crippen molar-refractivity contribution in [3.63, 3.8) is 0 Å². The molecule has 1 aliphatic heterocycles. The van der Waals surface area contributed by atoms with Crippen LogP contribution in [0.4, 0.5) is 0 Å². The van der Waals surface area contributed by atoms with E-state index in [1.165, 1.54) is 0 Å². The van der Waals surface area contributed by atoms with Crippen LogP contribution in [0.2, 0.25) is 0 Å². The minimum Gasteiger partial charge on any atom is -0.497 e. The van der Waals surface area contributed by atoms with Crippen molar-refractivity contribution >= 4 is 29.1 Å². The van der Waals surface area contributed by atoms with Crippen LogP contribution in [0.25, 0.3) is 10.8 Å². The number of carbonyl (C=O) groups excluding carboxylic acids is 1. The lowest BCUT2D eigenvalue weighted by atomic mass is 10.1. The largest absolute Gasteiger partial charge is 0.497 e. The Morgan fingerprint density at radius 2 is 2.04 bits per heavy atom. The van der Waals surface area contributed by atoms with Crippen molar-refractivity contribution in [2.75, 3.05) is 20.3 Å². The molecule has 2 aromatic rings. The predicted octanol–water partition coefficient (Wildman–Crippen LogP) is 2.26. The highest BCUT2D eigenvalue weighted by atomic mass is 35.5. The Kier molecular flexibility index (Phi) is 6.43. The van der Waals surface area contributed by atoms with E-state index in [2.05, 4.69) is 16.7 Å². The zero-order chi connectivity index (χ0) is 16.2. The first-order valence-electron chi connectivity index (χ1n) is 7.87. The fraction of sp³-hybridized carbons (Fsp3) is 0.389. The van der Waals surface area contributed by atoms with Gasteiger partial charge in [0.1, 0.15) is 11.8 Å². The summed E-state index contributed by atoms with van der Waals surface area (Å²) >= 11 is 0. The molecule has 0 radical (unpaired) electrons. The van der Waals surface area contributed by atoms with Crippen LogP contribution in [-0.4, -0.2) is 38.3 Å². The van der Waals surface area contributed by atoms with Crippen molar-refractivity contribution in [3.05, 3.63) is 42.0 Å². The molecule has 24 heavy (non-hydrogen) atoms. The van der Waals surface area contributed by atoms with Gasteiger partial charge < -0.3 is 20.1 Å². The highest BCUT2D eigenvalue weighted by molar-refractivity contribution is 5.86. The monoisotopic (exact) mass is 350 g/mol. The van der Waals surface area contributed by atoms with Crippen LogP contribution in [0.3, 0.4) is 0 Å². The molecule has 0 aromatic heterocycles. The molecule has 130 valence electrons. The van der Waals surface area contributed by atoms with E-state index < -0.39 is 0 Å². The molecule has 2 atom stereocenters. The summed E-state index contributed by atoms with van der Waals surface area (Å²) in [6, 6.07) is 11.8. The Bertz CT molecular complexity index is 708. The number of nitrogens with one attached hydrogen (secondary N) is 2. The smallest absolute Gasteiger partial charge is 0.240 e. The van der Waals surface area contributed by atoms with Crippen molar-refractivity contribution in [2.24, 2.45) is 0 Å². The molecule has 5 nitrogen and oxygen atoms in total. The molecule has 0 bridgehead atoms. The first kappa shape index (κ1) is 18.5. The number of amides is 1. The summed E-state index contributed by atoms with van der Waals surface area (Å²) in [5.41, 5.74) is 1.07. The molecular weight excluding hydrogens is 328 g/mol. The van der Waals surface area contributed by atoms with E-state index in [0.717, 1.165) is 22.1 Å². The first-order chi connectivity index (χ1) is 11.2. The zero-order valence-corrected chi connectivity index (χ0v) is 14.7. The Labute approximate surface area is 148 Å². The van der Waals surface area contributed by atoms with E-state index in [0.29, 0.717) is 19.7 Å². The lowest BCUT2D eigenvalue weighted by Gasteiger charge is -2.29. The van der Waals surface area contributed by atoms with Crippen molar-refractivity contribution in [3.8, 4) is 5.75 Å². The molecule has 1 saturated heterocycles. The number of benzene rings is 2. The number of halogens is 1. The Hall–Kier alpha value is -1.82. The van der Waals surface area contributed by atoms with Crippen molar-refractivity contribution in [1.82, 2.24) is 10.6 Å². The van der Waals surface area contributed by atoms with Crippen LogP contribution in [-0.2, 0) is 16.1 Å². The van der Waals surface area contributed by atoms with E-state index in [1.54, 1.807) is 7.11 Å². The standard InChI is InChI=1S/C18H22N2O3.ClH/c1-12-17(19-7-8-23-12)18(21)20-11-13-3-4-15-10-16(22-2)6-5-14(15)9-13;/h3-6,9-10,12,17,19H,7-8,11H2,1-2H3,(H,20,21);1H/t12-,17+;/m1./s1. The Morgan fingerprint density at radius 1 is 1.29 bits per heavy atom. The Balaban J connectivity index is 0.00000208. The first-order valence-corrected chi connectivity index (χ1v) is 7.87. The van der Waals surface area contributed by atoms with Crippen molar-refractivity contribution < 1.29 is 14.3 Å². The summed E-state index contributed by atoms with van der Waals surface area (Å²) in [6.45, 7) is 3.78.